The van der Waals surface area contributed by atoms with Gasteiger partial charge in [0.2, 0.25) is 0 Å². The third kappa shape index (κ3) is 2.36. The van der Waals surface area contributed by atoms with Crippen LogP contribution in [0.2, 0.25) is 0 Å². The molecule has 21 heavy (non-hydrogen) atoms. The van der Waals surface area contributed by atoms with Crippen molar-refractivity contribution in [3.05, 3.63) is 60.2 Å². The molecule has 2 fully saturated rings. The fraction of sp³-hybridized carbons (Fsp3) is 0.278. The highest BCUT2D eigenvalue weighted by atomic mass is 32.2. The van der Waals surface area contributed by atoms with Gasteiger partial charge in [-0.25, -0.2) is 0 Å². The first-order valence-electron chi connectivity index (χ1n) is 7.39. The highest BCUT2D eigenvalue weighted by molar-refractivity contribution is 8.00. The van der Waals surface area contributed by atoms with Gasteiger partial charge in [-0.3, -0.25) is 4.79 Å². The topological polar surface area (TPSA) is 20.3 Å². The van der Waals surface area contributed by atoms with Gasteiger partial charge in [0.05, 0.1) is 0 Å². The van der Waals surface area contributed by atoms with Gasteiger partial charge in [0.15, 0.2) is 0 Å². The number of fused-ring (bicyclic) bond motifs is 2. The van der Waals surface area contributed by atoms with Crippen LogP contribution in [0.3, 0.4) is 0 Å². The fourth-order valence-electron chi connectivity index (χ4n) is 3.25. The maximum Gasteiger partial charge on any atom is 0.254 e. The predicted octanol–water partition coefficient (Wildman–Crippen LogP) is 3.68. The number of likely N-dealkylation sites (tertiary alicyclic amines) is 1. The molecule has 2 heterocycles. The molecule has 2 aliphatic heterocycles. The van der Waals surface area contributed by atoms with Crippen LogP contribution in [0.15, 0.2) is 54.6 Å². The van der Waals surface area contributed by atoms with Crippen molar-refractivity contribution in [2.45, 2.75) is 17.7 Å². The van der Waals surface area contributed by atoms with Crippen LogP contribution in [0.1, 0.15) is 16.8 Å². The van der Waals surface area contributed by atoms with E-state index in [0.29, 0.717) is 11.3 Å². The molecule has 0 spiro atoms. The molecule has 0 saturated carbocycles. The van der Waals surface area contributed by atoms with Crippen LogP contribution in [-0.2, 0) is 0 Å². The van der Waals surface area contributed by atoms with Crippen LogP contribution in [0.25, 0.3) is 11.1 Å². The van der Waals surface area contributed by atoms with Crippen molar-refractivity contribution in [1.29, 1.82) is 0 Å². The van der Waals surface area contributed by atoms with E-state index in [1.165, 1.54) is 12.0 Å². The molecule has 2 aromatic rings. The Kier molecular flexibility index (Phi) is 3.23. The number of hydrogen-bond acceptors (Lipinski definition) is 2. The third-order valence-corrected chi connectivity index (χ3v) is 5.79. The van der Waals surface area contributed by atoms with Crippen molar-refractivity contribution < 1.29 is 4.79 Å². The average molecular weight is 295 g/mol. The zero-order valence-corrected chi connectivity index (χ0v) is 12.6. The molecule has 4 rings (SSSR count). The Morgan fingerprint density at radius 3 is 2.33 bits per heavy atom. The van der Waals surface area contributed by atoms with Crippen molar-refractivity contribution in [1.82, 2.24) is 4.90 Å². The molecule has 0 aliphatic carbocycles. The minimum absolute atomic E-state index is 0.197. The lowest BCUT2D eigenvalue weighted by molar-refractivity contribution is 0.0747. The molecule has 2 unspecified atom stereocenters. The molecule has 3 heteroatoms. The Morgan fingerprint density at radius 1 is 1.00 bits per heavy atom. The Morgan fingerprint density at radius 2 is 1.71 bits per heavy atom. The number of carbonyl (C=O) groups is 1. The minimum atomic E-state index is 0.197. The molecule has 106 valence electrons. The molecule has 0 radical (unpaired) electrons. The van der Waals surface area contributed by atoms with Crippen LogP contribution in [0.4, 0.5) is 0 Å². The number of carbonyl (C=O) groups excluding carboxylic acids is 1. The lowest BCUT2D eigenvalue weighted by Crippen LogP contribution is -2.39. The summed E-state index contributed by atoms with van der Waals surface area (Å²) in [4.78, 5) is 14.7. The van der Waals surface area contributed by atoms with Gasteiger partial charge in [-0.1, -0.05) is 42.5 Å². The van der Waals surface area contributed by atoms with Crippen molar-refractivity contribution in [2.24, 2.45) is 0 Å². The van der Waals surface area contributed by atoms with Crippen LogP contribution < -0.4 is 0 Å². The molecule has 0 aromatic heterocycles. The molecule has 2 atom stereocenters. The monoisotopic (exact) mass is 295 g/mol. The van der Waals surface area contributed by atoms with Gasteiger partial charge in [-0.05, 0) is 29.7 Å². The van der Waals surface area contributed by atoms with Crippen molar-refractivity contribution in [3.8, 4) is 11.1 Å². The quantitative estimate of drug-likeness (QED) is 0.842. The molecule has 2 nitrogen and oxygen atoms in total. The van der Waals surface area contributed by atoms with Gasteiger partial charge in [-0.15, -0.1) is 0 Å². The van der Waals surface area contributed by atoms with Crippen LogP contribution >= 0.6 is 11.8 Å². The number of amides is 1. The number of hydrogen-bond donors (Lipinski definition) is 0. The summed E-state index contributed by atoms with van der Waals surface area (Å²) in [5.41, 5.74) is 3.16. The summed E-state index contributed by atoms with van der Waals surface area (Å²) in [7, 11) is 0. The molecule has 2 aliphatic rings. The minimum Gasteiger partial charge on any atom is -0.334 e. The van der Waals surface area contributed by atoms with E-state index in [9.17, 15) is 4.79 Å². The van der Waals surface area contributed by atoms with Crippen molar-refractivity contribution >= 4 is 17.7 Å². The summed E-state index contributed by atoms with van der Waals surface area (Å²) in [6.45, 7) is 0.925. The maximum atomic E-state index is 12.6. The predicted molar refractivity (Wildman–Crippen MR) is 87.6 cm³/mol. The van der Waals surface area contributed by atoms with Gasteiger partial charge in [0.1, 0.15) is 0 Å². The highest BCUT2D eigenvalue weighted by Gasteiger charge is 2.41. The normalized spacial score (nSPS) is 23.5. The lowest BCUT2D eigenvalue weighted by atomic mass is 10.0. The number of benzene rings is 2. The Labute approximate surface area is 129 Å². The number of nitrogens with zero attached hydrogens (tertiary/aromatic N) is 1. The molecule has 2 aromatic carbocycles. The van der Waals surface area contributed by atoms with Gasteiger partial charge in [0, 0.05) is 29.2 Å². The zero-order valence-electron chi connectivity index (χ0n) is 11.7. The molecule has 1 amide bonds. The van der Waals surface area contributed by atoms with Crippen LogP contribution in [0, 0.1) is 0 Å². The largest absolute Gasteiger partial charge is 0.334 e. The van der Waals surface area contributed by atoms with E-state index in [1.807, 2.05) is 54.2 Å². The summed E-state index contributed by atoms with van der Waals surface area (Å²) in [5, 5.41) is 0.669. The molecule has 0 N–H and O–H groups in total. The molecule has 2 saturated heterocycles. The summed E-state index contributed by atoms with van der Waals surface area (Å²) in [6.07, 6.45) is 1.18. The second-order valence-electron chi connectivity index (χ2n) is 5.75. The molecule has 2 bridgehead atoms. The van der Waals surface area contributed by atoms with E-state index < -0.39 is 0 Å². The van der Waals surface area contributed by atoms with E-state index >= 15 is 0 Å². The van der Waals surface area contributed by atoms with E-state index in [-0.39, 0.29) is 5.91 Å². The van der Waals surface area contributed by atoms with Gasteiger partial charge in [0.25, 0.3) is 5.91 Å². The second-order valence-corrected chi connectivity index (χ2v) is 7.08. The van der Waals surface area contributed by atoms with Crippen molar-refractivity contribution in [3.63, 3.8) is 0 Å². The fourth-order valence-corrected chi connectivity index (χ4v) is 4.68. The lowest BCUT2D eigenvalue weighted by Gasteiger charge is -2.26. The van der Waals surface area contributed by atoms with Gasteiger partial charge >= 0.3 is 0 Å². The summed E-state index contributed by atoms with van der Waals surface area (Å²) < 4.78 is 0. The second kappa shape index (κ2) is 5.23. The number of thioether (sulfide) groups is 1. The average Bonchev–Trinajstić information content (AvgIpc) is 3.18. The van der Waals surface area contributed by atoms with E-state index in [4.69, 9.17) is 0 Å². The van der Waals surface area contributed by atoms with Gasteiger partial charge < -0.3 is 4.90 Å². The Hall–Kier alpha value is -1.74. The van der Waals surface area contributed by atoms with Crippen LogP contribution in [-0.4, -0.2) is 34.4 Å². The smallest absolute Gasteiger partial charge is 0.254 e. The summed E-state index contributed by atoms with van der Waals surface area (Å²) in [6, 6.07) is 18.7. The Balaban J connectivity index is 1.55. The zero-order chi connectivity index (χ0) is 14.2. The van der Waals surface area contributed by atoms with E-state index in [1.54, 1.807) is 0 Å². The van der Waals surface area contributed by atoms with Gasteiger partial charge in [-0.2, -0.15) is 11.8 Å². The number of rotatable bonds is 2. The highest BCUT2D eigenvalue weighted by Crippen LogP contribution is 2.38. The van der Waals surface area contributed by atoms with Crippen LogP contribution in [0.5, 0.6) is 0 Å². The standard InChI is InChI=1S/C18H17NOS/c20-18(19-11-17-10-16(19)12-21-17)15-8-6-14(7-9-15)13-4-2-1-3-5-13/h1-9,16-17H,10-12H2. The molecular weight excluding hydrogens is 278 g/mol. The summed E-state index contributed by atoms with van der Waals surface area (Å²) in [5.74, 6) is 1.31. The van der Waals surface area contributed by atoms with E-state index in [0.717, 1.165) is 23.4 Å². The SMILES string of the molecule is O=C(c1ccc(-c2ccccc2)cc1)N1CC2CC1CS2. The van der Waals surface area contributed by atoms with Crippen molar-refractivity contribution in [2.75, 3.05) is 12.3 Å². The van der Waals surface area contributed by atoms with E-state index in [2.05, 4.69) is 17.0 Å². The Bertz CT molecular complexity index is 653. The first kappa shape index (κ1) is 13.0. The third-order valence-electron chi connectivity index (χ3n) is 4.40. The maximum absolute atomic E-state index is 12.6. The summed E-state index contributed by atoms with van der Waals surface area (Å²) >= 11 is 2.01. The first-order chi connectivity index (χ1) is 10.3. The first-order valence-corrected chi connectivity index (χ1v) is 8.44. The molecular formula is C18H17NOS.